The maximum atomic E-state index is 12.1. The van der Waals surface area contributed by atoms with Crippen molar-refractivity contribution in [1.82, 2.24) is 14.9 Å². The number of carbonyl (C=O) groups excluding carboxylic acids is 6. The van der Waals surface area contributed by atoms with Crippen LogP contribution in [0.25, 0.3) is 0 Å². The Labute approximate surface area is 146 Å². The summed E-state index contributed by atoms with van der Waals surface area (Å²) in [6.07, 6.45) is 1.24. The van der Waals surface area contributed by atoms with Crippen LogP contribution in [0.5, 0.6) is 0 Å². The number of hydrogen-bond acceptors (Lipinski definition) is 7. The zero-order chi connectivity index (χ0) is 19.0. The first-order valence-corrected chi connectivity index (χ1v) is 7.33. The Morgan fingerprint density at radius 2 is 1.46 bits per heavy atom. The number of hydrogen-bond donors (Lipinski definition) is 0. The van der Waals surface area contributed by atoms with Gasteiger partial charge in [0.25, 0.3) is 11.8 Å². The Bertz CT molecular complexity index is 857. The highest BCUT2D eigenvalue weighted by Gasteiger charge is 2.46. The molecule has 0 unspecified atom stereocenters. The van der Waals surface area contributed by atoms with Crippen molar-refractivity contribution in [3.8, 4) is 0 Å². The SMILES string of the molecule is C=CCN1C(=O)C(=O)N(CC(=O)ON2C(=O)c3ccccc3C2=O)C1=O. The summed E-state index contributed by atoms with van der Waals surface area (Å²) in [4.78, 5) is 77.4. The molecule has 2 heterocycles. The van der Waals surface area contributed by atoms with Crippen LogP contribution >= 0.6 is 0 Å². The molecular weight excluding hydrogens is 346 g/mol. The van der Waals surface area contributed by atoms with Crippen LogP contribution in [0.3, 0.4) is 0 Å². The predicted molar refractivity (Wildman–Crippen MR) is 82.1 cm³/mol. The van der Waals surface area contributed by atoms with Gasteiger partial charge < -0.3 is 4.84 Å². The molecule has 1 aromatic rings. The van der Waals surface area contributed by atoms with E-state index in [1.54, 1.807) is 0 Å². The van der Waals surface area contributed by atoms with Crippen molar-refractivity contribution in [2.75, 3.05) is 13.1 Å². The van der Waals surface area contributed by atoms with Crippen LogP contribution in [0, 0.1) is 0 Å². The van der Waals surface area contributed by atoms with E-state index in [0.717, 1.165) is 0 Å². The van der Waals surface area contributed by atoms with Crippen molar-refractivity contribution in [3.63, 3.8) is 0 Å². The maximum Gasteiger partial charge on any atom is 0.353 e. The standard InChI is InChI=1S/C16H11N3O7/c1-2-7-17-14(23)15(24)18(16(17)25)8-11(20)26-19-12(21)9-5-3-4-6-10(9)13(19)22/h2-6H,1,7-8H2. The first-order chi connectivity index (χ1) is 12.4. The number of imide groups is 3. The Kier molecular flexibility index (Phi) is 4.08. The summed E-state index contributed by atoms with van der Waals surface area (Å²) < 4.78 is 0. The van der Waals surface area contributed by atoms with E-state index in [9.17, 15) is 28.8 Å². The fourth-order valence-corrected chi connectivity index (χ4v) is 2.49. The molecule has 0 spiro atoms. The van der Waals surface area contributed by atoms with Crippen molar-refractivity contribution in [2.45, 2.75) is 0 Å². The number of amides is 6. The number of fused-ring (bicyclic) bond motifs is 1. The molecule has 132 valence electrons. The van der Waals surface area contributed by atoms with Gasteiger partial charge in [0.2, 0.25) is 0 Å². The summed E-state index contributed by atoms with van der Waals surface area (Å²) in [5, 5.41) is 0.251. The van der Waals surface area contributed by atoms with Crippen molar-refractivity contribution in [2.24, 2.45) is 0 Å². The molecule has 0 aromatic heterocycles. The summed E-state index contributed by atoms with van der Waals surface area (Å²) in [7, 11) is 0. The van der Waals surface area contributed by atoms with Crippen LogP contribution in [0.15, 0.2) is 36.9 Å². The Morgan fingerprint density at radius 1 is 0.923 bits per heavy atom. The highest BCUT2D eigenvalue weighted by Crippen LogP contribution is 2.23. The zero-order valence-corrected chi connectivity index (χ0v) is 13.2. The number of benzene rings is 1. The molecule has 1 saturated heterocycles. The van der Waals surface area contributed by atoms with E-state index in [2.05, 4.69) is 6.58 Å². The van der Waals surface area contributed by atoms with Crippen LogP contribution in [0.1, 0.15) is 20.7 Å². The van der Waals surface area contributed by atoms with Crippen molar-refractivity contribution in [1.29, 1.82) is 0 Å². The first kappa shape index (κ1) is 17.0. The Balaban J connectivity index is 1.71. The zero-order valence-electron chi connectivity index (χ0n) is 13.2. The van der Waals surface area contributed by atoms with Crippen LogP contribution in [0.2, 0.25) is 0 Å². The van der Waals surface area contributed by atoms with Crippen molar-refractivity contribution >= 4 is 35.6 Å². The molecule has 6 amide bonds. The van der Waals surface area contributed by atoms with Crippen LogP contribution in [-0.4, -0.2) is 63.6 Å². The van der Waals surface area contributed by atoms with Gasteiger partial charge in [-0.05, 0) is 12.1 Å². The summed E-state index contributed by atoms with van der Waals surface area (Å²) in [6, 6.07) is 4.85. The van der Waals surface area contributed by atoms with E-state index in [1.807, 2.05) is 0 Å². The third-order valence-corrected chi connectivity index (χ3v) is 3.68. The van der Waals surface area contributed by atoms with E-state index in [4.69, 9.17) is 4.84 Å². The lowest BCUT2D eigenvalue weighted by Crippen LogP contribution is -2.41. The minimum Gasteiger partial charge on any atom is -0.328 e. The molecule has 0 aliphatic carbocycles. The van der Waals surface area contributed by atoms with Gasteiger partial charge >= 0.3 is 23.8 Å². The summed E-state index contributed by atoms with van der Waals surface area (Å²) in [5.74, 6) is -5.24. The first-order valence-electron chi connectivity index (χ1n) is 7.33. The smallest absolute Gasteiger partial charge is 0.328 e. The van der Waals surface area contributed by atoms with Crippen molar-refractivity contribution < 1.29 is 33.6 Å². The average molecular weight is 357 g/mol. The Morgan fingerprint density at radius 3 is 2.00 bits per heavy atom. The molecule has 2 aliphatic rings. The molecule has 0 atom stereocenters. The molecule has 0 radical (unpaired) electrons. The number of urea groups is 1. The van der Waals surface area contributed by atoms with Crippen LogP contribution in [-0.2, 0) is 19.2 Å². The van der Waals surface area contributed by atoms with Gasteiger partial charge in [-0.25, -0.2) is 14.5 Å². The van der Waals surface area contributed by atoms with E-state index in [1.165, 1.54) is 30.3 Å². The van der Waals surface area contributed by atoms with Crippen LogP contribution < -0.4 is 0 Å². The van der Waals surface area contributed by atoms with E-state index >= 15 is 0 Å². The highest BCUT2D eigenvalue weighted by atomic mass is 16.7. The number of rotatable bonds is 5. The molecule has 0 saturated carbocycles. The molecular formula is C16H11N3O7. The number of carbonyl (C=O) groups is 6. The summed E-state index contributed by atoms with van der Waals surface area (Å²) >= 11 is 0. The lowest BCUT2D eigenvalue weighted by Gasteiger charge is -2.16. The molecule has 10 nitrogen and oxygen atoms in total. The summed E-state index contributed by atoms with van der Waals surface area (Å²) in [6.45, 7) is 2.23. The van der Waals surface area contributed by atoms with Gasteiger partial charge in [0, 0.05) is 6.54 Å². The predicted octanol–water partition coefficient (Wildman–Crippen LogP) is -0.282. The van der Waals surface area contributed by atoms with Gasteiger partial charge in [-0.1, -0.05) is 23.3 Å². The minimum atomic E-state index is -1.23. The van der Waals surface area contributed by atoms with Gasteiger partial charge in [-0.15, -0.1) is 6.58 Å². The van der Waals surface area contributed by atoms with Crippen LogP contribution in [0.4, 0.5) is 4.79 Å². The molecule has 10 heteroatoms. The van der Waals surface area contributed by atoms with E-state index in [0.29, 0.717) is 9.80 Å². The van der Waals surface area contributed by atoms with Gasteiger partial charge in [0.05, 0.1) is 11.1 Å². The molecule has 2 aliphatic heterocycles. The number of hydroxylamine groups is 2. The second-order valence-corrected chi connectivity index (χ2v) is 5.29. The molecule has 1 aromatic carbocycles. The minimum absolute atomic E-state index is 0.0611. The van der Waals surface area contributed by atoms with Gasteiger partial charge in [-0.3, -0.25) is 24.1 Å². The Hall–Kier alpha value is -3.82. The quantitative estimate of drug-likeness (QED) is 0.307. The summed E-state index contributed by atoms with van der Waals surface area (Å²) in [5.41, 5.74) is 0.122. The fourth-order valence-electron chi connectivity index (χ4n) is 2.49. The molecule has 1 fully saturated rings. The number of nitrogens with zero attached hydrogens (tertiary/aromatic N) is 3. The van der Waals surface area contributed by atoms with E-state index < -0.39 is 42.2 Å². The average Bonchev–Trinajstić information content (AvgIpc) is 2.98. The molecule has 0 N–H and O–H groups in total. The third kappa shape index (κ3) is 2.53. The third-order valence-electron chi connectivity index (χ3n) is 3.68. The second-order valence-electron chi connectivity index (χ2n) is 5.29. The van der Waals surface area contributed by atoms with E-state index in [-0.39, 0.29) is 22.7 Å². The normalized spacial score (nSPS) is 16.5. The topological polar surface area (TPSA) is 121 Å². The van der Waals surface area contributed by atoms with Gasteiger partial charge in [0.1, 0.15) is 6.54 Å². The lowest BCUT2D eigenvalue weighted by molar-refractivity contribution is -0.169. The largest absolute Gasteiger partial charge is 0.353 e. The van der Waals surface area contributed by atoms with Gasteiger partial charge in [0.15, 0.2) is 0 Å². The molecule has 26 heavy (non-hydrogen) atoms. The molecule has 0 bridgehead atoms. The monoisotopic (exact) mass is 357 g/mol. The maximum absolute atomic E-state index is 12.1. The molecule has 3 rings (SSSR count). The highest BCUT2D eigenvalue weighted by molar-refractivity contribution is 6.45. The van der Waals surface area contributed by atoms with Gasteiger partial charge in [-0.2, -0.15) is 0 Å². The fraction of sp³-hybridized carbons (Fsp3) is 0.125. The van der Waals surface area contributed by atoms with Crippen molar-refractivity contribution in [3.05, 3.63) is 48.0 Å². The second kappa shape index (κ2) is 6.24. The lowest BCUT2D eigenvalue weighted by atomic mass is 10.1.